The molecule has 1 atom stereocenters. The first kappa shape index (κ1) is 11.9. The van der Waals surface area contributed by atoms with Crippen LogP contribution in [0.15, 0.2) is 18.2 Å². The first-order valence-electron chi connectivity index (χ1n) is 7.98. The molecular formula is C17H24N2. The molecule has 1 saturated heterocycles. The molecule has 1 N–H and O–H groups in total. The fourth-order valence-corrected chi connectivity index (χ4v) is 3.93. The SMILES string of the molecule is c1cc2c(cc1C(C1CC1)N1CCNCC1)CCC2. The van der Waals surface area contributed by atoms with E-state index in [2.05, 4.69) is 28.4 Å². The van der Waals surface area contributed by atoms with E-state index in [4.69, 9.17) is 0 Å². The molecule has 1 aromatic rings. The Bertz CT molecular complexity index is 458. The van der Waals surface area contributed by atoms with Gasteiger partial charge in [0.1, 0.15) is 0 Å². The van der Waals surface area contributed by atoms with E-state index < -0.39 is 0 Å². The van der Waals surface area contributed by atoms with Gasteiger partial charge in [0.05, 0.1) is 0 Å². The zero-order valence-corrected chi connectivity index (χ0v) is 11.7. The van der Waals surface area contributed by atoms with Gasteiger partial charge in [-0.2, -0.15) is 0 Å². The molecule has 2 aliphatic carbocycles. The summed E-state index contributed by atoms with van der Waals surface area (Å²) in [6.07, 6.45) is 6.84. The van der Waals surface area contributed by atoms with E-state index in [9.17, 15) is 0 Å². The lowest BCUT2D eigenvalue weighted by molar-refractivity contribution is 0.156. The lowest BCUT2D eigenvalue weighted by atomic mass is 9.96. The van der Waals surface area contributed by atoms with Crippen molar-refractivity contribution in [2.75, 3.05) is 26.2 Å². The number of hydrogen-bond donors (Lipinski definition) is 1. The number of hydrogen-bond acceptors (Lipinski definition) is 2. The van der Waals surface area contributed by atoms with E-state index in [1.807, 2.05) is 0 Å². The van der Waals surface area contributed by atoms with Gasteiger partial charge in [-0.3, -0.25) is 4.90 Å². The van der Waals surface area contributed by atoms with Crippen LogP contribution in [-0.2, 0) is 12.8 Å². The summed E-state index contributed by atoms with van der Waals surface area (Å²) in [5, 5.41) is 3.48. The molecule has 0 amide bonds. The number of nitrogens with one attached hydrogen (secondary N) is 1. The Morgan fingerprint density at radius 1 is 1.05 bits per heavy atom. The van der Waals surface area contributed by atoms with Gasteiger partial charge in [0.2, 0.25) is 0 Å². The molecule has 2 fully saturated rings. The Labute approximate surface area is 116 Å². The third-order valence-corrected chi connectivity index (χ3v) is 5.08. The summed E-state index contributed by atoms with van der Waals surface area (Å²) in [5.41, 5.74) is 4.85. The molecule has 1 saturated carbocycles. The molecule has 1 heterocycles. The topological polar surface area (TPSA) is 15.3 Å². The summed E-state index contributed by atoms with van der Waals surface area (Å²) in [6, 6.07) is 8.07. The molecule has 3 aliphatic rings. The van der Waals surface area contributed by atoms with Crippen LogP contribution < -0.4 is 5.32 Å². The van der Waals surface area contributed by atoms with Crippen LogP contribution in [0.25, 0.3) is 0 Å². The van der Waals surface area contributed by atoms with Crippen molar-refractivity contribution in [3.63, 3.8) is 0 Å². The minimum Gasteiger partial charge on any atom is -0.314 e. The number of fused-ring (bicyclic) bond motifs is 1. The highest BCUT2D eigenvalue weighted by atomic mass is 15.2. The predicted octanol–water partition coefficient (Wildman–Crippen LogP) is 2.53. The summed E-state index contributed by atoms with van der Waals surface area (Å²) in [7, 11) is 0. The van der Waals surface area contributed by atoms with Crippen molar-refractivity contribution in [1.29, 1.82) is 0 Å². The first-order chi connectivity index (χ1) is 9.42. The van der Waals surface area contributed by atoms with Gasteiger partial charge >= 0.3 is 0 Å². The Hall–Kier alpha value is -0.860. The van der Waals surface area contributed by atoms with Crippen molar-refractivity contribution in [3.8, 4) is 0 Å². The molecule has 0 radical (unpaired) electrons. The van der Waals surface area contributed by atoms with E-state index in [-0.39, 0.29) is 0 Å². The van der Waals surface area contributed by atoms with Gasteiger partial charge < -0.3 is 5.32 Å². The second kappa shape index (κ2) is 4.92. The molecule has 0 aromatic heterocycles. The number of benzene rings is 1. The largest absolute Gasteiger partial charge is 0.314 e. The van der Waals surface area contributed by atoms with E-state index in [0.717, 1.165) is 19.0 Å². The standard InChI is InChI=1S/C17H24N2/c1-2-13-4-7-16(12-15(13)3-1)17(14-5-6-14)19-10-8-18-9-11-19/h4,7,12,14,17-18H,1-3,5-6,8-11H2. The van der Waals surface area contributed by atoms with E-state index in [0.29, 0.717) is 6.04 Å². The lowest BCUT2D eigenvalue weighted by Crippen LogP contribution is -2.45. The molecule has 102 valence electrons. The highest BCUT2D eigenvalue weighted by Crippen LogP contribution is 2.45. The predicted molar refractivity (Wildman–Crippen MR) is 78.4 cm³/mol. The van der Waals surface area contributed by atoms with Crippen molar-refractivity contribution >= 4 is 0 Å². The van der Waals surface area contributed by atoms with Crippen LogP contribution in [0.2, 0.25) is 0 Å². The van der Waals surface area contributed by atoms with E-state index in [1.54, 1.807) is 16.7 Å². The smallest absolute Gasteiger partial charge is 0.0377 e. The van der Waals surface area contributed by atoms with Crippen molar-refractivity contribution in [1.82, 2.24) is 10.2 Å². The van der Waals surface area contributed by atoms with E-state index >= 15 is 0 Å². The summed E-state index contributed by atoms with van der Waals surface area (Å²) in [5.74, 6) is 0.928. The molecule has 2 nitrogen and oxygen atoms in total. The Morgan fingerprint density at radius 3 is 2.63 bits per heavy atom. The number of rotatable bonds is 3. The van der Waals surface area contributed by atoms with E-state index in [1.165, 1.54) is 45.2 Å². The molecule has 1 unspecified atom stereocenters. The normalized spacial score (nSPS) is 25.3. The summed E-state index contributed by atoms with van der Waals surface area (Å²) in [4.78, 5) is 2.73. The average molecular weight is 256 g/mol. The van der Waals surface area contributed by atoms with Crippen LogP contribution >= 0.6 is 0 Å². The summed E-state index contributed by atoms with van der Waals surface area (Å²) >= 11 is 0. The number of piperazine rings is 1. The van der Waals surface area contributed by atoms with Gasteiger partial charge in [-0.05, 0) is 54.7 Å². The van der Waals surface area contributed by atoms with Crippen LogP contribution in [0.3, 0.4) is 0 Å². The maximum Gasteiger partial charge on any atom is 0.0377 e. The van der Waals surface area contributed by atoms with Crippen LogP contribution in [0.5, 0.6) is 0 Å². The van der Waals surface area contributed by atoms with Gasteiger partial charge in [0.15, 0.2) is 0 Å². The quantitative estimate of drug-likeness (QED) is 0.894. The van der Waals surface area contributed by atoms with Gasteiger partial charge in [-0.1, -0.05) is 18.2 Å². The molecule has 4 rings (SSSR count). The lowest BCUT2D eigenvalue weighted by Gasteiger charge is -2.35. The minimum atomic E-state index is 0.702. The van der Waals surface area contributed by atoms with Crippen LogP contribution in [0.1, 0.15) is 42.0 Å². The fraction of sp³-hybridized carbons (Fsp3) is 0.647. The number of nitrogens with zero attached hydrogens (tertiary/aromatic N) is 1. The van der Waals surface area contributed by atoms with Crippen molar-refractivity contribution in [2.45, 2.75) is 38.1 Å². The Morgan fingerprint density at radius 2 is 1.84 bits per heavy atom. The molecule has 0 spiro atoms. The molecule has 2 heteroatoms. The third-order valence-electron chi connectivity index (χ3n) is 5.08. The van der Waals surface area contributed by atoms with Crippen LogP contribution in [0, 0.1) is 5.92 Å². The Balaban J connectivity index is 1.62. The fourth-order valence-electron chi connectivity index (χ4n) is 3.93. The van der Waals surface area contributed by atoms with Crippen molar-refractivity contribution in [2.24, 2.45) is 5.92 Å². The molecular weight excluding hydrogens is 232 g/mol. The van der Waals surface area contributed by atoms with Gasteiger partial charge in [0.25, 0.3) is 0 Å². The van der Waals surface area contributed by atoms with Gasteiger partial charge in [0, 0.05) is 32.2 Å². The summed E-state index contributed by atoms with van der Waals surface area (Å²) < 4.78 is 0. The monoisotopic (exact) mass is 256 g/mol. The molecule has 1 aromatic carbocycles. The van der Waals surface area contributed by atoms with Crippen LogP contribution in [-0.4, -0.2) is 31.1 Å². The molecule has 19 heavy (non-hydrogen) atoms. The van der Waals surface area contributed by atoms with Crippen LogP contribution in [0.4, 0.5) is 0 Å². The zero-order valence-electron chi connectivity index (χ0n) is 11.7. The zero-order chi connectivity index (χ0) is 12.7. The van der Waals surface area contributed by atoms with Gasteiger partial charge in [-0.25, -0.2) is 0 Å². The second-order valence-corrected chi connectivity index (χ2v) is 6.45. The first-order valence-corrected chi connectivity index (χ1v) is 7.98. The summed E-state index contributed by atoms with van der Waals surface area (Å²) in [6.45, 7) is 4.76. The maximum absolute atomic E-state index is 3.48. The minimum absolute atomic E-state index is 0.702. The van der Waals surface area contributed by atoms with Gasteiger partial charge in [-0.15, -0.1) is 0 Å². The highest BCUT2D eigenvalue weighted by Gasteiger charge is 2.36. The van der Waals surface area contributed by atoms with Crippen molar-refractivity contribution < 1.29 is 0 Å². The highest BCUT2D eigenvalue weighted by molar-refractivity contribution is 5.37. The maximum atomic E-state index is 3.48. The Kier molecular flexibility index (Phi) is 3.08. The van der Waals surface area contributed by atoms with Crippen molar-refractivity contribution in [3.05, 3.63) is 34.9 Å². The molecule has 0 bridgehead atoms. The number of aryl methyl sites for hydroxylation is 2. The second-order valence-electron chi connectivity index (χ2n) is 6.45. The molecule has 1 aliphatic heterocycles. The average Bonchev–Trinajstić information content (AvgIpc) is 3.17. The third kappa shape index (κ3) is 2.32.